The zero-order chi connectivity index (χ0) is 12.3. The first kappa shape index (κ1) is 11.2. The molecule has 2 heterocycles. The average molecular weight is 228 g/mol. The van der Waals surface area contributed by atoms with Gasteiger partial charge in [-0.3, -0.25) is 4.98 Å². The Hall–Kier alpha value is -2.26. The summed E-state index contributed by atoms with van der Waals surface area (Å²) in [5.41, 5.74) is 6.89. The van der Waals surface area contributed by atoms with Gasteiger partial charge in [-0.05, 0) is 18.6 Å². The Morgan fingerprint density at radius 3 is 2.88 bits per heavy atom. The van der Waals surface area contributed by atoms with E-state index in [-0.39, 0.29) is 17.9 Å². The third-order valence-corrected chi connectivity index (χ3v) is 2.42. The molecule has 6 nitrogen and oxygen atoms in total. The number of hydrogen-bond donors (Lipinski definition) is 1. The molecule has 86 valence electrons. The standard InChI is InChI=1S/C11H12N6/c1-8(13)11(9-3-2-4-14-6-9)17-7-15-10(5-12)16-17/h2-4,6-8,11H,13H2,1H3. The number of pyridine rings is 1. The monoisotopic (exact) mass is 228 g/mol. The van der Waals surface area contributed by atoms with Crippen molar-refractivity contribution in [3.8, 4) is 6.07 Å². The Balaban J connectivity index is 2.40. The Morgan fingerprint density at radius 2 is 2.35 bits per heavy atom. The van der Waals surface area contributed by atoms with E-state index in [9.17, 15) is 0 Å². The van der Waals surface area contributed by atoms with Crippen LogP contribution in [-0.2, 0) is 0 Å². The van der Waals surface area contributed by atoms with Crippen molar-refractivity contribution < 1.29 is 0 Å². The second-order valence-corrected chi connectivity index (χ2v) is 3.75. The molecule has 2 unspecified atom stereocenters. The molecule has 0 aromatic carbocycles. The average Bonchev–Trinajstić information content (AvgIpc) is 2.79. The molecule has 2 atom stereocenters. The number of hydrogen-bond acceptors (Lipinski definition) is 5. The highest BCUT2D eigenvalue weighted by Gasteiger charge is 2.20. The Labute approximate surface area is 98.7 Å². The molecule has 2 rings (SSSR count). The molecule has 0 radical (unpaired) electrons. The molecule has 2 N–H and O–H groups in total. The van der Waals surface area contributed by atoms with Crippen molar-refractivity contribution >= 4 is 0 Å². The molecular weight excluding hydrogens is 216 g/mol. The quantitative estimate of drug-likeness (QED) is 0.824. The minimum atomic E-state index is -0.168. The number of nitrogens with zero attached hydrogens (tertiary/aromatic N) is 5. The minimum absolute atomic E-state index is 0.138. The third kappa shape index (κ3) is 2.29. The first-order chi connectivity index (χ1) is 8.22. The molecule has 2 aromatic rings. The van der Waals surface area contributed by atoms with Crippen molar-refractivity contribution in [1.82, 2.24) is 19.7 Å². The van der Waals surface area contributed by atoms with Crippen molar-refractivity contribution in [1.29, 1.82) is 5.26 Å². The number of aromatic nitrogens is 4. The minimum Gasteiger partial charge on any atom is -0.326 e. The lowest BCUT2D eigenvalue weighted by Gasteiger charge is -2.20. The summed E-state index contributed by atoms with van der Waals surface area (Å²) in [6, 6.07) is 5.33. The topological polar surface area (TPSA) is 93.4 Å². The Kier molecular flexibility index (Phi) is 3.12. The summed E-state index contributed by atoms with van der Waals surface area (Å²) in [4.78, 5) is 7.94. The van der Waals surface area contributed by atoms with Gasteiger partial charge in [-0.25, -0.2) is 9.67 Å². The maximum Gasteiger partial charge on any atom is 0.252 e. The Morgan fingerprint density at radius 1 is 1.53 bits per heavy atom. The highest BCUT2D eigenvalue weighted by Crippen LogP contribution is 2.18. The molecule has 0 saturated heterocycles. The van der Waals surface area contributed by atoms with Gasteiger partial charge < -0.3 is 5.73 Å². The third-order valence-electron chi connectivity index (χ3n) is 2.42. The van der Waals surface area contributed by atoms with Gasteiger partial charge in [0.1, 0.15) is 12.4 Å². The molecule has 6 heteroatoms. The van der Waals surface area contributed by atoms with E-state index in [0.29, 0.717) is 0 Å². The van der Waals surface area contributed by atoms with E-state index >= 15 is 0 Å². The van der Waals surface area contributed by atoms with Gasteiger partial charge in [0.2, 0.25) is 0 Å². The lowest BCUT2D eigenvalue weighted by molar-refractivity contribution is 0.451. The van der Waals surface area contributed by atoms with E-state index < -0.39 is 0 Å². The van der Waals surface area contributed by atoms with E-state index in [1.165, 1.54) is 6.33 Å². The largest absolute Gasteiger partial charge is 0.326 e. The van der Waals surface area contributed by atoms with Crippen molar-refractivity contribution in [2.24, 2.45) is 5.73 Å². The molecule has 0 aliphatic heterocycles. The zero-order valence-corrected chi connectivity index (χ0v) is 9.35. The van der Waals surface area contributed by atoms with Crippen LogP contribution in [0.3, 0.4) is 0 Å². The predicted octanol–water partition coefficient (Wildman–Crippen LogP) is 0.481. The summed E-state index contributed by atoms with van der Waals surface area (Å²) in [6.07, 6.45) is 4.95. The van der Waals surface area contributed by atoms with E-state index in [0.717, 1.165) is 5.56 Å². The molecule has 0 saturated carbocycles. The van der Waals surface area contributed by atoms with Gasteiger partial charge in [0.25, 0.3) is 5.82 Å². The van der Waals surface area contributed by atoms with Gasteiger partial charge in [-0.15, -0.1) is 5.10 Å². The normalized spacial score (nSPS) is 13.9. The second kappa shape index (κ2) is 4.72. The molecular formula is C11H12N6. The first-order valence-electron chi connectivity index (χ1n) is 5.19. The van der Waals surface area contributed by atoms with Gasteiger partial charge in [-0.1, -0.05) is 6.07 Å². The van der Waals surface area contributed by atoms with Crippen LogP contribution in [0.5, 0.6) is 0 Å². The first-order valence-corrected chi connectivity index (χ1v) is 5.19. The van der Waals surface area contributed by atoms with Gasteiger partial charge in [-0.2, -0.15) is 5.26 Å². The fourth-order valence-electron chi connectivity index (χ4n) is 1.71. The van der Waals surface area contributed by atoms with Crippen LogP contribution in [0.25, 0.3) is 0 Å². The summed E-state index contributed by atoms with van der Waals surface area (Å²) >= 11 is 0. The SMILES string of the molecule is CC(N)C(c1cccnc1)n1cnc(C#N)n1. The van der Waals surface area contributed by atoms with E-state index in [2.05, 4.69) is 15.1 Å². The lowest BCUT2D eigenvalue weighted by atomic mass is 10.0. The molecule has 0 spiro atoms. The van der Waals surface area contributed by atoms with Gasteiger partial charge in [0.05, 0.1) is 6.04 Å². The van der Waals surface area contributed by atoms with Crippen molar-refractivity contribution in [2.75, 3.05) is 0 Å². The fourth-order valence-corrected chi connectivity index (χ4v) is 1.71. The summed E-state index contributed by atoms with van der Waals surface area (Å²) in [6.45, 7) is 1.88. The van der Waals surface area contributed by atoms with Crippen molar-refractivity contribution in [3.05, 3.63) is 42.2 Å². The second-order valence-electron chi connectivity index (χ2n) is 3.75. The predicted molar refractivity (Wildman–Crippen MR) is 60.8 cm³/mol. The zero-order valence-electron chi connectivity index (χ0n) is 9.35. The highest BCUT2D eigenvalue weighted by molar-refractivity contribution is 5.17. The number of rotatable bonds is 3. The molecule has 0 aliphatic carbocycles. The maximum atomic E-state index is 8.71. The van der Waals surface area contributed by atoms with Crippen LogP contribution in [0.2, 0.25) is 0 Å². The molecule has 2 aromatic heterocycles. The van der Waals surface area contributed by atoms with Gasteiger partial charge in [0.15, 0.2) is 0 Å². The molecule has 17 heavy (non-hydrogen) atoms. The van der Waals surface area contributed by atoms with Crippen LogP contribution in [0.4, 0.5) is 0 Å². The maximum absolute atomic E-state index is 8.71. The van der Waals surface area contributed by atoms with Crippen LogP contribution < -0.4 is 5.73 Å². The van der Waals surface area contributed by atoms with E-state index in [1.54, 1.807) is 17.1 Å². The smallest absolute Gasteiger partial charge is 0.252 e. The van der Waals surface area contributed by atoms with Gasteiger partial charge >= 0.3 is 0 Å². The van der Waals surface area contributed by atoms with Crippen LogP contribution in [0.1, 0.15) is 24.4 Å². The molecule has 0 aliphatic rings. The fraction of sp³-hybridized carbons (Fsp3) is 0.273. The van der Waals surface area contributed by atoms with E-state index in [1.807, 2.05) is 25.1 Å². The number of nitrogens with two attached hydrogens (primary N) is 1. The van der Waals surface area contributed by atoms with Crippen LogP contribution in [-0.4, -0.2) is 25.8 Å². The lowest BCUT2D eigenvalue weighted by Crippen LogP contribution is -2.30. The van der Waals surface area contributed by atoms with Crippen LogP contribution >= 0.6 is 0 Å². The number of nitriles is 1. The molecule has 0 bridgehead atoms. The summed E-state index contributed by atoms with van der Waals surface area (Å²) in [5, 5.41) is 12.8. The molecule has 0 amide bonds. The van der Waals surface area contributed by atoms with Crippen LogP contribution in [0, 0.1) is 11.3 Å². The molecule has 0 fully saturated rings. The van der Waals surface area contributed by atoms with Crippen molar-refractivity contribution in [2.45, 2.75) is 19.0 Å². The Bertz CT molecular complexity index is 524. The summed E-state index contributed by atoms with van der Waals surface area (Å²) in [5.74, 6) is 0.138. The summed E-state index contributed by atoms with van der Waals surface area (Å²) < 4.78 is 1.60. The van der Waals surface area contributed by atoms with E-state index in [4.69, 9.17) is 11.0 Å². The van der Waals surface area contributed by atoms with Crippen LogP contribution in [0.15, 0.2) is 30.9 Å². The van der Waals surface area contributed by atoms with Crippen molar-refractivity contribution in [3.63, 3.8) is 0 Å². The van der Waals surface area contributed by atoms with Gasteiger partial charge in [0, 0.05) is 18.4 Å². The summed E-state index contributed by atoms with van der Waals surface area (Å²) in [7, 11) is 0. The highest BCUT2D eigenvalue weighted by atomic mass is 15.3.